The van der Waals surface area contributed by atoms with Gasteiger partial charge in [-0.05, 0) is 29.3 Å². The van der Waals surface area contributed by atoms with Crippen molar-refractivity contribution in [1.29, 1.82) is 5.26 Å². The normalized spacial score (nSPS) is 11.4. The molecule has 0 radical (unpaired) electrons. The summed E-state index contributed by atoms with van der Waals surface area (Å²) < 4.78 is 12.5. The number of methoxy groups -OCH3 is 1. The second-order valence-corrected chi connectivity index (χ2v) is 6.81. The molecule has 0 aliphatic carbocycles. The highest BCUT2D eigenvalue weighted by atomic mass is 32.1. The minimum absolute atomic E-state index is 0.0628. The third-order valence-electron chi connectivity index (χ3n) is 3.96. The van der Waals surface area contributed by atoms with Gasteiger partial charge in [0.1, 0.15) is 6.07 Å². The molecule has 1 heterocycles. The van der Waals surface area contributed by atoms with Crippen molar-refractivity contribution in [2.45, 2.75) is 6.54 Å². The first kappa shape index (κ1) is 20.1. The third kappa shape index (κ3) is 5.67. The average Bonchev–Trinajstić information content (AvgIpc) is 3.18. The quantitative estimate of drug-likeness (QED) is 0.562. The number of carbonyl (C=O) groups excluding carboxylic acids is 1. The zero-order valence-corrected chi connectivity index (χ0v) is 16.6. The Hall–Kier alpha value is -3.63. The van der Waals surface area contributed by atoms with Crippen molar-refractivity contribution in [3.63, 3.8) is 0 Å². The fraction of sp³-hybridized carbons (Fsp3) is 0.136. The van der Waals surface area contributed by atoms with Crippen LogP contribution in [0.15, 0.2) is 71.2 Å². The SMILES string of the molecule is COc1cc(/C=C/C(=O)N=c2sccn2Cc2ccccc2)ccc1OCC#N. The standard InChI is InChI=1S/C22H19N3O3S/c1-27-20-15-17(7-9-19(20)28-13-11-23)8-10-21(26)24-22-25(12-14-29-22)16-18-5-3-2-4-6-18/h2-10,12,14-15H,13,16H2,1H3/b10-8+,24-22?. The van der Waals surface area contributed by atoms with Gasteiger partial charge in [-0.1, -0.05) is 36.4 Å². The number of thiazole rings is 1. The van der Waals surface area contributed by atoms with Gasteiger partial charge in [-0.25, -0.2) is 0 Å². The van der Waals surface area contributed by atoms with Gasteiger partial charge in [-0.15, -0.1) is 11.3 Å². The maximum absolute atomic E-state index is 12.3. The molecule has 0 saturated carbocycles. The highest BCUT2D eigenvalue weighted by Gasteiger charge is 2.05. The van der Waals surface area contributed by atoms with E-state index in [-0.39, 0.29) is 12.5 Å². The zero-order chi connectivity index (χ0) is 20.5. The van der Waals surface area contributed by atoms with Gasteiger partial charge in [0.2, 0.25) is 0 Å². The molecule has 0 saturated heterocycles. The molecular formula is C22H19N3O3S. The molecule has 0 unspecified atom stereocenters. The maximum atomic E-state index is 12.3. The highest BCUT2D eigenvalue weighted by molar-refractivity contribution is 7.07. The lowest BCUT2D eigenvalue weighted by Crippen LogP contribution is -2.16. The summed E-state index contributed by atoms with van der Waals surface area (Å²) in [5, 5.41) is 10.5. The summed E-state index contributed by atoms with van der Waals surface area (Å²) >= 11 is 1.41. The summed E-state index contributed by atoms with van der Waals surface area (Å²) in [6, 6.07) is 17.1. The van der Waals surface area contributed by atoms with E-state index in [4.69, 9.17) is 14.7 Å². The van der Waals surface area contributed by atoms with Crippen LogP contribution in [0.25, 0.3) is 6.08 Å². The van der Waals surface area contributed by atoms with Crippen LogP contribution >= 0.6 is 11.3 Å². The second-order valence-electron chi connectivity index (χ2n) is 5.94. The van der Waals surface area contributed by atoms with Crippen LogP contribution in [-0.2, 0) is 11.3 Å². The van der Waals surface area contributed by atoms with E-state index in [0.717, 1.165) is 11.1 Å². The van der Waals surface area contributed by atoms with Gasteiger partial charge in [0.25, 0.3) is 5.91 Å². The Morgan fingerprint density at radius 1 is 1.24 bits per heavy atom. The molecule has 0 spiro atoms. The minimum Gasteiger partial charge on any atom is -0.493 e. The van der Waals surface area contributed by atoms with Gasteiger partial charge in [0.05, 0.1) is 7.11 Å². The Balaban J connectivity index is 1.73. The fourth-order valence-electron chi connectivity index (χ4n) is 2.60. The first-order valence-corrected chi connectivity index (χ1v) is 9.70. The van der Waals surface area contributed by atoms with Crippen LogP contribution in [0.2, 0.25) is 0 Å². The number of carbonyl (C=O) groups is 1. The molecule has 29 heavy (non-hydrogen) atoms. The van der Waals surface area contributed by atoms with Crippen LogP contribution in [0, 0.1) is 11.3 Å². The molecule has 1 aromatic heterocycles. The Morgan fingerprint density at radius 2 is 2.07 bits per heavy atom. The molecule has 0 atom stereocenters. The van der Waals surface area contributed by atoms with Crippen LogP contribution < -0.4 is 14.3 Å². The maximum Gasteiger partial charge on any atom is 0.272 e. The van der Waals surface area contributed by atoms with E-state index < -0.39 is 0 Å². The number of nitrogens with zero attached hydrogens (tertiary/aromatic N) is 3. The Morgan fingerprint density at radius 3 is 2.83 bits per heavy atom. The smallest absolute Gasteiger partial charge is 0.272 e. The van der Waals surface area contributed by atoms with Crippen molar-refractivity contribution in [1.82, 2.24) is 4.57 Å². The van der Waals surface area contributed by atoms with Crippen LogP contribution in [0.4, 0.5) is 0 Å². The molecule has 3 aromatic rings. The number of aromatic nitrogens is 1. The van der Waals surface area contributed by atoms with Crippen LogP contribution in [-0.4, -0.2) is 24.2 Å². The molecule has 2 aromatic carbocycles. The number of amides is 1. The lowest BCUT2D eigenvalue weighted by Gasteiger charge is -2.08. The van der Waals surface area contributed by atoms with Crippen LogP contribution in [0.1, 0.15) is 11.1 Å². The summed E-state index contributed by atoms with van der Waals surface area (Å²) in [5.74, 6) is 0.617. The van der Waals surface area contributed by atoms with E-state index in [9.17, 15) is 4.79 Å². The minimum atomic E-state index is -0.349. The molecule has 0 aliphatic rings. The summed E-state index contributed by atoms with van der Waals surface area (Å²) in [4.78, 5) is 17.1. The molecule has 0 N–H and O–H groups in total. The molecule has 0 fully saturated rings. The lowest BCUT2D eigenvalue weighted by molar-refractivity contribution is -0.113. The number of hydrogen-bond acceptors (Lipinski definition) is 5. The second kappa shape index (κ2) is 10.1. The summed E-state index contributed by atoms with van der Waals surface area (Å²) in [7, 11) is 1.52. The number of nitriles is 1. The fourth-order valence-corrected chi connectivity index (χ4v) is 3.34. The van der Waals surface area contributed by atoms with Gasteiger partial charge in [-0.2, -0.15) is 10.3 Å². The predicted molar refractivity (Wildman–Crippen MR) is 112 cm³/mol. The first-order valence-electron chi connectivity index (χ1n) is 8.82. The molecule has 1 amide bonds. The van der Waals surface area contributed by atoms with E-state index in [1.807, 2.05) is 52.5 Å². The highest BCUT2D eigenvalue weighted by Crippen LogP contribution is 2.28. The van der Waals surface area contributed by atoms with Crippen molar-refractivity contribution in [2.24, 2.45) is 4.99 Å². The number of hydrogen-bond donors (Lipinski definition) is 0. The van der Waals surface area contributed by atoms with Gasteiger partial charge in [0.15, 0.2) is 22.9 Å². The Kier molecular flexibility index (Phi) is 6.98. The van der Waals surface area contributed by atoms with Crippen molar-refractivity contribution in [3.05, 3.63) is 82.1 Å². The Labute approximate surface area is 172 Å². The van der Waals surface area contributed by atoms with Gasteiger partial charge < -0.3 is 14.0 Å². The van der Waals surface area contributed by atoms with Crippen LogP contribution in [0.5, 0.6) is 11.5 Å². The number of rotatable bonds is 7. The molecule has 0 bridgehead atoms. The molecule has 0 aliphatic heterocycles. The van der Waals surface area contributed by atoms with E-state index in [1.165, 1.54) is 24.5 Å². The average molecular weight is 405 g/mol. The summed E-state index contributed by atoms with van der Waals surface area (Å²) in [6.45, 7) is 0.592. The third-order valence-corrected chi connectivity index (χ3v) is 4.75. The molecule has 3 rings (SSSR count). The van der Waals surface area contributed by atoms with Crippen molar-refractivity contribution >= 4 is 23.3 Å². The van der Waals surface area contributed by atoms with E-state index in [0.29, 0.717) is 22.8 Å². The Bertz CT molecular complexity index is 1110. The zero-order valence-electron chi connectivity index (χ0n) is 15.8. The van der Waals surface area contributed by atoms with Gasteiger partial charge >= 0.3 is 0 Å². The monoisotopic (exact) mass is 405 g/mol. The van der Waals surface area contributed by atoms with Gasteiger partial charge in [0, 0.05) is 24.2 Å². The molecular weight excluding hydrogens is 386 g/mol. The van der Waals surface area contributed by atoms with E-state index in [2.05, 4.69) is 4.99 Å². The lowest BCUT2D eigenvalue weighted by atomic mass is 10.2. The summed E-state index contributed by atoms with van der Waals surface area (Å²) in [5.41, 5.74) is 1.90. The molecule has 146 valence electrons. The van der Waals surface area contributed by atoms with Crippen LogP contribution in [0.3, 0.4) is 0 Å². The number of benzene rings is 2. The van der Waals surface area contributed by atoms with Gasteiger partial charge in [-0.3, -0.25) is 4.79 Å². The number of ether oxygens (including phenoxy) is 2. The first-order chi connectivity index (χ1) is 14.2. The predicted octanol–water partition coefficient (Wildman–Crippen LogP) is 3.65. The van der Waals surface area contributed by atoms with E-state index >= 15 is 0 Å². The molecule has 7 heteroatoms. The van der Waals surface area contributed by atoms with E-state index in [1.54, 1.807) is 24.3 Å². The molecule has 6 nitrogen and oxygen atoms in total. The summed E-state index contributed by atoms with van der Waals surface area (Å²) in [6.07, 6.45) is 4.99. The van der Waals surface area contributed by atoms with Crippen molar-refractivity contribution in [3.8, 4) is 17.6 Å². The topological polar surface area (TPSA) is 76.6 Å². The largest absolute Gasteiger partial charge is 0.493 e. The van der Waals surface area contributed by atoms with Crippen molar-refractivity contribution in [2.75, 3.05) is 13.7 Å². The van der Waals surface area contributed by atoms with Crippen molar-refractivity contribution < 1.29 is 14.3 Å².